The molecule has 1 saturated heterocycles. The van der Waals surface area contributed by atoms with E-state index in [4.69, 9.17) is 9.26 Å². The quantitative estimate of drug-likeness (QED) is 0.925. The van der Waals surface area contributed by atoms with Crippen LogP contribution in [-0.4, -0.2) is 36.4 Å². The summed E-state index contributed by atoms with van der Waals surface area (Å²) in [6.45, 7) is 1.43. The topological polar surface area (TPSA) is 60.2 Å². The van der Waals surface area contributed by atoms with E-state index in [1.165, 1.54) is 4.88 Å². The summed E-state index contributed by atoms with van der Waals surface area (Å²) in [5.41, 5.74) is 0. The van der Waals surface area contributed by atoms with Crippen molar-refractivity contribution in [1.82, 2.24) is 15.5 Å². The van der Waals surface area contributed by atoms with E-state index < -0.39 is 0 Å². The number of hydrogen-bond acceptors (Lipinski definition) is 6. The van der Waals surface area contributed by atoms with Crippen LogP contribution in [0.15, 0.2) is 22.0 Å². The number of nitrogens with one attached hydrogen (secondary N) is 1. The van der Waals surface area contributed by atoms with Crippen molar-refractivity contribution in [2.75, 3.05) is 20.3 Å². The second-order valence-electron chi connectivity index (χ2n) is 4.67. The van der Waals surface area contributed by atoms with Crippen molar-refractivity contribution in [1.29, 1.82) is 0 Å². The summed E-state index contributed by atoms with van der Waals surface area (Å²) < 4.78 is 10.9. The van der Waals surface area contributed by atoms with Gasteiger partial charge in [-0.2, -0.15) is 4.98 Å². The van der Waals surface area contributed by atoms with Crippen LogP contribution in [0.5, 0.6) is 0 Å². The van der Waals surface area contributed by atoms with E-state index in [0.29, 0.717) is 18.5 Å². The number of hydrogen-bond donors (Lipinski definition) is 1. The van der Waals surface area contributed by atoms with Gasteiger partial charge in [-0.1, -0.05) is 11.2 Å². The Morgan fingerprint density at radius 3 is 3.26 bits per heavy atom. The highest BCUT2D eigenvalue weighted by Crippen LogP contribution is 2.25. The molecule has 2 aromatic rings. The summed E-state index contributed by atoms with van der Waals surface area (Å²) in [7, 11) is 1.96. The van der Waals surface area contributed by atoms with Gasteiger partial charge in [0.15, 0.2) is 5.82 Å². The fourth-order valence-electron chi connectivity index (χ4n) is 2.39. The second-order valence-corrected chi connectivity index (χ2v) is 5.70. The predicted octanol–water partition coefficient (Wildman–Crippen LogP) is 1.81. The molecular weight excluding hydrogens is 262 g/mol. The number of rotatable bonds is 4. The Kier molecular flexibility index (Phi) is 3.91. The molecule has 19 heavy (non-hydrogen) atoms. The third-order valence-electron chi connectivity index (χ3n) is 3.44. The Balaban J connectivity index is 1.73. The first kappa shape index (κ1) is 12.8. The summed E-state index contributed by atoms with van der Waals surface area (Å²) >= 11 is 1.71. The summed E-state index contributed by atoms with van der Waals surface area (Å²) in [6.07, 6.45) is 1.71. The molecule has 0 amide bonds. The van der Waals surface area contributed by atoms with E-state index in [9.17, 15) is 0 Å². The van der Waals surface area contributed by atoms with Crippen LogP contribution < -0.4 is 5.32 Å². The summed E-state index contributed by atoms with van der Waals surface area (Å²) in [5, 5.41) is 9.43. The van der Waals surface area contributed by atoms with Gasteiger partial charge in [-0.25, -0.2) is 0 Å². The lowest BCUT2D eigenvalue weighted by Gasteiger charge is -2.28. The molecule has 0 spiro atoms. The molecule has 102 valence electrons. The van der Waals surface area contributed by atoms with Crippen molar-refractivity contribution in [2.24, 2.45) is 0 Å². The number of nitrogens with zero attached hydrogens (tertiary/aromatic N) is 2. The standard InChI is InChI=1S/C13H17N3O2S/c1-14-11-4-5-17-8-10(11)13-15-12(16-18-13)7-9-3-2-6-19-9/h2-3,6,10-11,14H,4-5,7-8H2,1H3. The van der Waals surface area contributed by atoms with E-state index in [0.717, 1.165) is 25.3 Å². The van der Waals surface area contributed by atoms with Gasteiger partial charge in [0.05, 0.1) is 12.5 Å². The van der Waals surface area contributed by atoms with Crippen molar-refractivity contribution in [3.63, 3.8) is 0 Å². The molecule has 6 heteroatoms. The molecule has 0 aliphatic carbocycles. The molecule has 1 aliphatic heterocycles. The number of ether oxygens (including phenoxy) is 1. The summed E-state index contributed by atoms with van der Waals surface area (Å²) in [6, 6.07) is 4.47. The van der Waals surface area contributed by atoms with Crippen LogP contribution in [-0.2, 0) is 11.2 Å². The van der Waals surface area contributed by atoms with Crippen LogP contribution in [0, 0.1) is 0 Å². The third-order valence-corrected chi connectivity index (χ3v) is 4.32. The maximum absolute atomic E-state index is 5.52. The first-order chi connectivity index (χ1) is 9.36. The molecule has 0 radical (unpaired) electrons. The molecule has 2 aromatic heterocycles. The molecule has 0 aromatic carbocycles. The minimum atomic E-state index is 0.156. The first-order valence-electron chi connectivity index (χ1n) is 6.46. The normalized spacial score (nSPS) is 23.6. The smallest absolute Gasteiger partial charge is 0.233 e. The van der Waals surface area contributed by atoms with Crippen molar-refractivity contribution in [3.8, 4) is 0 Å². The zero-order valence-corrected chi connectivity index (χ0v) is 11.7. The minimum absolute atomic E-state index is 0.156. The fourth-order valence-corrected chi connectivity index (χ4v) is 3.09. The van der Waals surface area contributed by atoms with Crippen molar-refractivity contribution in [3.05, 3.63) is 34.1 Å². The lowest BCUT2D eigenvalue weighted by atomic mass is 9.96. The van der Waals surface area contributed by atoms with Crippen LogP contribution in [0.3, 0.4) is 0 Å². The molecule has 3 rings (SSSR count). The monoisotopic (exact) mass is 279 g/mol. The molecule has 1 N–H and O–H groups in total. The maximum atomic E-state index is 5.52. The Hall–Kier alpha value is -1.24. The molecule has 0 saturated carbocycles. The Labute approximate surface area is 116 Å². The van der Waals surface area contributed by atoms with Gasteiger partial charge in [-0.05, 0) is 24.9 Å². The Morgan fingerprint density at radius 2 is 2.47 bits per heavy atom. The van der Waals surface area contributed by atoms with E-state index in [-0.39, 0.29) is 5.92 Å². The zero-order chi connectivity index (χ0) is 13.1. The Bertz CT molecular complexity index is 512. The van der Waals surface area contributed by atoms with Crippen molar-refractivity contribution in [2.45, 2.75) is 24.8 Å². The van der Waals surface area contributed by atoms with Crippen LogP contribution in [0.25, 0.3) is 0 Å². The SMILES string of the molecule is CNC1CCOCC1c1nc(Cc2cccs2)no1. The number of aromatic nitrogens is 2. The van der Waals surface area contributed by atoms with Gasteiger partial charge in [-0.15, -0.1) is 11.3 Å². The molecule has 0 bridgehead atoms. The van der Waals surface area contributed by atoms with E-state index in [1.807, 2.05) is 13.1 Å². The Morgan fingerprint density at radius 1 is 1.53 bits per heavy atom. The molecule has 1 fully saturated rings. The summed E-state index contributed by atoms with van der Waals surface area (Å²) in [4.78, 5) is 5.76. The number of thiophene rings is 1. The summed E-state index contributed by atoms with van der Waals surface area (Å²) in [5.74, 6) is 1.59. The van der Waals surface area contributed by atoms with E-state index >= 15 is 0 Å². The molecule has 5 nitrogen and oxygen atoms in total. The van der Waals surface area contributed by atoms with Gasteiger partial charge in [0.2, 0.25) is 5.89 Å². The average Bonchev–Trinajstić information content (AvgIpc) is 3.11. The zero-order valence-electron chi connectivity index (χ0n) is 10.8. The number of likely N-dealkylation sites (N-methyl/N-ethyl adjacent to an activating group) is 1. The maximum Gasteiger partial charge on any atom is 0.233 e. The van der Waals surface area contributed by atoms with Gasteiger partial charge in [0.1, 0.15) is 0 Å². The first-order valence-corrected chi connectivity index (χ1v) is 7.34. The molecule has 3 heterocycles. The van der Waals surface area contributed by atoms with Crippen molar-refractivity contribution < 1.29 is 9.26 Å². The van der Waals surface area contributed by atoms with Crippen LogP contribution in [0.1, 0.15) is 28.9 Å². The molecule has 1 aliphatic rings. The van der Waals surface area contributed by atoms with Gasteiger partial charge in [0, 0.05) is 23.9 Å². The molecule has 2 atom stereocenters. The lowest BCUT2D eigenvalue weighted by Crippen LogP contribution is -2.39. The average molecular weight is 279 g/mol. The largest absolute Gasteiger partial charge is 0.381 e. The van der Waals surface area contributed by atoms with Crippen LogP contribution >= 0.6 is 11.3 Å². The van der Waals surface area contributed by atoms with Crippen LogP contribution in [0.2, 0.25) is 0 Å². The van der Waals surface area contributed by atoms with Crippen molar-refractivity contribution >= 4 is 11.3 Å². The minimum Gasteiger partial charge on any atom is -0.381 e. The molecule has 2 unspecified atom stereocenters. The van der Waals surface area contributed by atoms with E-state index in [1.54, 1.807) is 11.3 Å². The van der Waals surface area contributed by atoms with E-state index in [2.05, 4.69) is 26.9 Å². The highest BCUT2D eigenvalue weighted by Gasteiger charge is 2.30. The lowest BCUT2D eigenvalue weighted by molar-refractivity contribution is 0.0516. The third kappa shape index (κ3) is 2.86. The highest BCUT2D eigenvalue weighted by atomic mass is 32.1. The van der Waals surface area contributed by atoms with Gasteiger partial charge in [0.25, 0.3) is 0 Å². The van der Waals surface area contributed by atoms with Gasteiger partial charge >= 0.3 is 0 Å². The van der Waals surface area contributed by atoms with Gasteiger partial charge < -0.3 is 14.6 Å². The molecular formula is C13H17N3O2S. The fraction of sp³-hybridized carbons (Fsp3) is 0.538. The predicted molar refractivity (Wildman–Crippen MR) is 72.4 cm³/mol. The van der Waals surface area contributed by atoms with Gasteiger partial charge in [-0.3, -0.25) is 0 Å². The second kappa shape index (κ2) is 5.81. The highest BCUT2D eigenvalue weighted by molar-refractivity contribution is 7.09. The van der Waals surface area contributed by atoms with Crippen LogP contribution in [0.4, 0.5) is 0 Å².